The van der Waals surface area contributed by atoms with Gasteiger partial charge >= 0.3 is 5.97 Å². The molecule has 6 nitrogen and oxygen atoms in total. The van der Waals surface area contributed by atoms with Gasteiger partial charge in [-0.15, -0.1) is 0 Å². The lowest BCUT2D eigenvalue weighted by molar-refractivity contribution is -0.138. The number of pyridine rings is 1. The minimum atomic E-state index is -0.925. The molecule has 0 bridgehead atoms. The summed E-state index contributed by atoms with van der Waals surface area (Å²) in [6.07, 6.45) is 1.48. The average molecular weight is 265 g/mol. The van der Waals surface area contributed by atoms with E-state index in [0.29, 0.717) is 12.2 Å². The van der Waals surface area contributed by atoms with Crippen LogP contribution in [0.25, 0.3) is 0 Å². The highest BCUT2D eigenvalue weighted by molar-refractivity contribution is 5.93. The average Bonchev–Trinajstić information content (AvgIpc) is 2.36. The Kier molecular flexibility index (Phi) is 5.29. The van der Waals surface area contributed by atoms with Crippen molar-refractivity contribution in [1.29, 1.82) is 0 Å². The summed E-state index contributed by atoms with van der Waals surface area (Å²) in [5.74, 6) is -1.27. The van der Waals surface area contributed by atoms with Crippen LogP contribution in [0.4, 0.5) is 5.69 Å². The molecule has 0 spiro atoms. The largest absolute Gasteiger partial charge is 0.480 e. The predicted octanol–water partition coefficient (Wildman–Crippen LogP) is 1.35. The quantitative estimate of drug-likeness (QED) is 0.722. The van der Waals surface area contributed by atoms with E-state index >= 15 is 0 Å². The zero-order valence-corrected chi connectivity index (χ0v) is 11.3. The maximum absolute atomic E-state index is 11.6. The van der Waals surface area contributed by atoms with Crippen molar-refractivity contribution >= 4 is 17.6 Å². The van der Waals surface area contributed by atoms with E-state index < -0.39 is 12.0 Å². The summed E-state index contributed by atoms with van der Waals surface area (Å²) in [4.78, 5) is 26.7. The lowest BCUT2D eigenvalue weighted by Gasteiger charge is -2.19. The molecule has 1 aromatic rings. The SMILES string of the molecule is CCNC(=O)c1cc(NC(C(=O)O)C(C)C)ccn1. The van der Waals surface area contributed by atoms with Gasteiger partial charge in [0.15, 0.2) is 0 Å². The topological polar surface area (TPSA) is 91.3 Å². The third-order valence-corrected chi connectivity index (χ3v) is 2.58. The first-order chi connectivity index (χ1) is 8.95. The Morgan fingerprint density at radius 1 is 1.42 bits per heavy atom. The van der Waals surface area contributed by atoms with Gasteiger partial charge in [-0.3, -0.25) is 9.78 Å². The third-order valence-electron chi connectivity index (χ3n) is 2.58. The van der Waals surface area contributed by atoms with Gasteiger partial charge in [-0.25, -0.2) is 4.79 Å². The first-order valence-electron chi connectivity index (χ1n) is 6.19. The van der Waals surface area contributed by atoms with Crippen molar-refractivity contribution in [3.63, 3.8) is 0 Å². The molecule has 0 saturated carbocycles. The molecule has 1 unspecified atom stereocenters. The smallest absolute Gasteiger partial charge is 0.326 e. The second-order valence-electron chi connectivity index (χ2n) is 4.49. The summed E-state index contributed by atoms with van der Waals surface area (Å²) in [5, 5.41) is 14.6. The Morgan fingerprint density at radius 2 is 2.11 bits per heavy atom. The van der Waals surface area contributed by atoms with Gasteiger partial charge in [-0.1, -0.05) is 13.8 Å². The minimum absolute atomic E-state index is 0.0708. The van der Waals surface area contributed by atoms with E-state index in [0.717, 1.165) is 0 Å². The van der Waals surface area contributed by atoms with Gasteiger partial charge < -0.3 is 15.7 Å². The lowest BCUT2D eigenvalue weighted by Crippen LogP contribution is -2.34. The zero-order chi connectivity index (χ0) is 14.4. The number of anilines is 1. The minimum Gasteiger partial charge on any atom is -0.480 e. The second kappa shape index (κ2) is 6.72. The molecule has 0 aliphatic heterocycles. The van der Waals surface area contributed by atoms with Crippen molar-refractivity contribution in [1.82, 2.24) is 10.3 Å². The molecule has 19 heavy (non-hydrogen) atoms. The molecule has 3 N–H and O–H groups in total. The molecule has 1 amide bonds. The van der Waals surface area contributed by atoms with E-state index in [9.17, 15) is 9.59 Å². The Balaban J connectivity index is 2.87. The highest BCUT2D eigenvalue weighted by Crippen LogP contribution is 2.13. The maximum Gasteiger partial charge on any atom is 0.326 e. The molecular weight excluding hydrogens is 246 g/mol. The monoisotopic (exact) mass is 265 g/mol. The Morgan fingerprint density at radius 3 is 2.63 bits per heavy atom. The first kappa shape index (κ1) is 14.9. The van der Waals surface area contributed by atoms with Gasteiger partial charge in [0.2, 0.25) is 0 Å². The molecule has 104 valence electrons. The van der Waals surface area contributed by atoms with Crippen LogP contribution in [-0.4, -0.2) is 34.6 Å². The van der Waals surface area contributed by atoms with Crippen LogP contribution in [0.5, 0.6) is 0 Å². The van der Waals surface area contributed by atoms with Gasteiger partial charge in [0.05, 0.1) is 0 Å². The molecule has 0 aliphatic rings. The van der Waals surface area contributed by atoms with Crippen LogP contribution in [0.15, 0.2) is 18.3 Å². The summed E-state index contributed by atoms with van der Waals surface area (Å²) < 4.78 is 0. The van der Waals surface area contributed by atoms with Crippen LogP contribution >= 0.6 is 0 Å². The Bertz CT molecular complexity index is 460. The van der Waals surface area contributed by atoms with Crippen molar-refractivity contribution < 1.29 is 14.7 Å². The molecule has 0 saturated heterocycles. The molecule has 1 aromatic heterocycles. The highest BCUT2D eigenvalue weighted by atomic mass is 16.4. The molecule has 1 heterocycles. The Hall–Kier alpha value is -2.11. The number of carboxylic acid groups (broad SMARTS) is 1. The van der Waals surface area contributed by atoms with E-state index in [1.165, 1.54) is 6.20 Å². The number of hydrogen-bond donors (Lipinski definition) is 3. The number of carboxylic acids is 1. The normalized spacial score (nSPS) is 12.0. The summed E-state index contributed by atoms with van der Waals surface area (Å²) in [5.41, 5.74) is 0.831. The van der Waals surface area contributed by atoms with Crippen LogP contribution in [-0.2, 0) is 4.79 Å². The fraction of sp³-hybridized carbons (Fsp3) is 0.462. The van der Waals surface area contributed by atoms with E-state index in [-0.39, 0.29) is 17.5 Å². The van der Waals surface area contributed by atoms with E-state index in [1.807, 2.05) is 20.8 Å². The molecular formula is C13H19N3O3. The van der Waals surface area contributed by atoms with Crippen LogP contribution in [0.1, 0.15) is 31.3 Å². The summed E-state index contributed by atoms with van der Waals surface area (Å²) >= 11 is 0. The van der Waals surface area contributed by atoms with Crippen molar-refractivity contribution in [2.45, 2.75) is 26.8 Å². The van der Waals surface area contributed by atoms with E-state index in [4.69, 9.17) is 5.11 Å². The van der Waals surface area contributed by atoms with Crippen LogP contribution < -0.4 is 10.6 Å². The zero-order valence-electron chi connectivity index (χ0n) is 11.3. The van der Waals surface area contributed by atoms with E-state index in [1.54, 1.807) is 12.1 Å². The summed E-state index contributed by atoms with van der Waals surface area (Å²) in [6, 6.07) is 2.48. The number of carbonyl (C=O) groups excluding carboxylic acids is 1. The number of nitrogens with zero attached hydrogens (tertiary/aromatic N) is 1. The van der Waals surface area contributed by atoms with Crippen LogP contribution in [0.3, 0.4) is 0 Å². The predicted molar refractivity (Wildman–Crippen MR) is 72.1 cm³/mol. The highest BCUT2D eigenvalue weighted by Gasteiger charge is 2.21. The number of rotatable bonds is 6. The standard InChI is InChI=1S/C13H19N3O3/c1-4-14-12(17)10-7-9(5-6-15-10)16-11(8(2)3)13(18)19/h5-8,11H,4H2,1-3H3,(H,14,17)(H,15,16)(H,18,19). The number of aliphatic carboxylic acids is 1. The summed E-state index contributed by atoms with van der Waals surface area (Å²) in [6.45, 7) is 5.97. The first-order valence-corrected chi connectivity index (χ1v) is 6.19. The van der Waals surface area contributed by atoms with Gasteiger partial charge in [-0.05, 0) is 25.0 Å². The number of amides is 1. The molecule has 1 atom stereocenters. The fourth-order valence-corrected chi connectivity index (χ4v) is 1.59. The molecule has 0 fully saturated rings. The molecule has 0 aromatic carbocycles. The summed E-state index contributed by atoms with van der Waals surface area (Å²) in [7, 11) is 0. The van der Waals surface area contributed by atoms with Crippen LogP contribution in [0, 0.1) is 5.92 Å². The molecule has 0 aliphatic carbocycles. The number of aromatic nitrogens is 1. The molecule has 0 radical (unpaired) electrons. The van der Waals surface area contributed by atoms with Crippen molar-refractivity contribution in [2.75, 3.05) is 11.9 Å². The number of hydrogen-bond acceptors (Lipinski definition) is 4. The maximum atomic E-state index is 11.6. The van der Waals surface area contributed by atoms with Gasteiger partial charge in [-0.2, -0.15) is 0 Å². The van der Waals surface area contributed by atoms with Gasteiger partial charge in [0.1, 0.15) is 11.7 Å². The van der Waals surface area contributed by atoms with Crippen molar-refractivity contribution in [3.05, 3.63) is 24.0 Å². The van der Waals surface area contributed by atoms with E-state index in [2.05, 4.69) is 15.6 Å². The Labute approximate surface area is 112 Å². The lowest BCUT2D eigenvalue weighted by atomic mass is 10.0. The third kappa shape index (κ3) is 4.24. The molecule has 1 rings (SSSR count). The second-order valence-corrected chi connectivity index (χ2v) is 4.49. The van der Waals surface area contributed by atoms with Gasteiger partial charge in [0, 0.05) is 18.4 Å². The van der Waals surface area contributed by atoms with Crippen molar-refractivity contribution in [3.8, 4) is 0 Å². The number of carbonyl (C=O) groups is 2. The van der Waals surface area contributed by atoms with Crippen molar-refractivity contribution in [2.24, 2.45) is 5.92 Å². The molecule has 6 heteroatoms. The van der Waals surface area contributed by atoms with Gasteiger partial charge in [0.25, 0.3) is 5.91 Å². The van der Waals surface area contributed by atoms with Crippen LogP contribution in [0.2, 0.25) is 0 Å². The fourth-order valence-electron chi connectivity index (χ4n) is 1.59. The number of nitrogens with one attached hydrogen (secondary N) is 2.